The van der Waals surface area contributed by atoms with Crippen LogP contribution in [0.2, 0.25) is 0 Å². The fourth-order valence-corrected chi connectivity index (χ4v) is 2.82. The van der Waals surface area contributed by atoms with Gasteiger partial charge >= 0.3 is 5.97 Å². The lowest BCUT2D eigenvalue weighted by molar-refractivity contribution is -0.137. The van der Waals surface area contributed by atoms with E-state index in [0.29, 0.717) is 13.0 Å². The molecule has 1 unspecified atom stereocenters. The largest absolute Gasteiger partial charge is 0.481 e. The molecule has 3 N–H and O–H groups in total. The summed E-state index contributed by atoms with van der Waals surface area (Å²) < 4.78 is 0. The summed E-state index contributed by atoms with van der Waals surface area (Å²) in [5.41, 5.74) is 9.26. The quantitative estimate of drug-likeness (QED) is 0.696. The molecule has 2 rings (SSSR count). The first-order chi connectivity index (χ1) is 11.2. The summed E-state index contributed by atoms with van der Waals surface area (Å²) in [6, 6.07) is 12.6. The number of aliphatic carboxylic acids is 1. The van der Waals surface area contributed by atoms with Crippen LogP contribution in [0, 0.1) is 0 Å². The van der Waals surface area contributed by atoms with Gasteiger partial charge in [-0.3, -0.25) is 9.78 Å². The Morgan fingerprint density at radius 2 is 1.91 bits per heavy atom. The summed E-state index contributed by atoms with van der Waals surface area (Å²) in [5.74, 6) is -0.474. The van der Waals surface area contributed by atoms with Gasteiger partial charge < -0.3 is 10.8 Å². The second-order valence-corrected chi connectivity index (χ2v) is 5.76. The third kappa shape index (κ3) is 5.49. The number of nitrogens with zero attached hydrogens (tertiary/aromatic N) is 1. The molecule has 0 radical (unpaired) electrons. The average molecular weight is 312 g/mol. The molecule has 1 aromatic heterocycles. The number of carboxylic acid groups (broad SMARTS) is 1. The first kappa shape index (κ1) is 17.2. The Hall–Kier alpha value is -2.20. The first-order valence-corrected chi connectivity index (χ1v) is 8.11. The minimum absolute atomic E-state index is 0.231. The lowest BCUT2D eigenvalue weighted by atomic mass is 9.87. The van der Waals surface area contributed by atoms with Crippen LogP contribution in [-0.2, 0) is 11.2 Å². The van der Waals surface area contributed by atoms with Crippen LogP contribution in [-0.4, -0.2) is 22.6 Å². The number of carbonyl (C=O) groups is 1. The molecule has 0 aliphatic rings. The molecule has 1 heterocycles. The number of hydrogen-bond acceptors (Lipinski definition) is 3. The standard InChI is InChI=1S/C19H24N2O2/c20-12-11-15-7-9-16(10-8-15)18(5-1-2-6-19(22)23)17-4-3-13-21-14-17/h3-4,7-10,13-14,18H,1-2,5-6,11-12,20H2,(H,22,23). The van der Waals surface area contributed by atoms with Crippen molar-refractivity contribution < 1.29 is 9.90 Å². The maximum absolute atomic E-state index is 10.7. The van der Waals surface area contributed by atoms with Gasteiger partial charge in [0.15, 0.2) is 0 Å². The molecule has 0 aliphatic carbocycles. The summed E-state index contributed by atoms with van der Waals surface area (Å²) >= 11 is 0. The highest BCUT2D eigenvalue weighted by molar-refractivity contribution is 5.66. The minimum atomic E-state index is -0.728. The molecule has 0 aliphatic heterocycles. The number of benzene rings is 1. The molecule has 2 aromatic rings. The Balaban J connectivity index is 2.11. The van der Waals surface area contributed by atoms with Crippen molar-refractivity contribution in [2.24, 2.45) is 5.73 Å². The Morgan fingerprint density at radius 3 is 2.52 bits per heavy atom. The molecule has 0 saturated heterocycles. The number of pyridine rings is 1. The van der Waals surface area contributed by atoms with Crippen molar-refractivity contribution in [3.63, 3.8) is 0 Å². The predicted molar refractivity (Wildman–Crippen MR) is 91.4 cm³/mol. The minimum Gasteiger partial charge on any atom is -0.481 e. The van der Waals surface area contributed by atoms with Crippen LogP contribution in [0.25, 0.3) is 0 Å². The number of nitrogens with two attached hydrogens (primary N) is 1. The van der Waals surface area contributed by atoms with Crippen molar-refractivity contribution in [1.82, 2.24) is 4.98 Å². The Bertz CT molecular complexity index is 597. The topological polar surface area (TPSA) is 76.2 Å². The highest BCUT2D eigenvalue weighted by atomic mass is 16.4. The van der Waals surface area contributed by atoms with Gasteiger partial charge in [0.25, 0.3) is 0 Å². The van der Waals surface area contributed by atoms with Crippen molar-refractivity contribution in [3.05, 3.63) is 65.5 Å². The van der Waals surface area contributed by atoms with Crippen LogP contribution in [0.15, 0.2) is 48.8 Å². The molecule has 0 spiro atoms. The molecule has 1 aromatic carbocycles. The fraction of sp³-hybridized carbons (Fsp3) is 0.368. The number of hydrogen-bond donors (Lipinski definition) is 2. The van der Waals surface area contributed by atoms with Crippen LogP contribution in [0.5, 0.6) is 0 Å². The lowest BCUT2D eigenvalue weighted by Gasteiger charge is -2.18. The second-order valence-electron chi connectivity index (χ2n) is 5.76. The summed E-state index contributed by atoms with van der Waals surface area (Å²) in [5, 5.41) is 8.77. The van der Waals surface area contributed by atoms with Crippen LogP contribution in [0.4, 0.5) is 0 Å². The SMILES string of the molecule is NCCc1ccc(C(CCCCC(=O)O)c2cccnc2)cc1. The van der Waals surface area contributed by atoms with E-state index in [4.69, 9.17) is 10.8 Å². The smallest absolute Gasteiger partial charge is 0.303 e. The molecule has 0 bridgehead atoms. The Labute approximate surface area is 137 Å². The first-order valence-electron chi connectivity index (χ1n) is 8.11. The van der Waals surface area contributed by atoms with Gasteiger partial charge in [-0.15, -0.1) is 0 Å². The van der Waals surface area contributed by atoms with Gasteiger partial charge in [0.2, 0.25) is 0 Å². The van der Waals surface area contributed by atoms with Crippen LogP contribution in [0.1, 0.15) is 48.3 Å². The van der Waals surface area contributed by atoms with E-state index in [-0.39, 0.29) is 12.3 Å². The van der Waals surface area contributed by atoms with E-state index >= 15 is 0 Å². The van der Waals surface area contributed by atoms with Crippen molar-refractivity contribution in [3.8, 4) is 0 Å². The van der Waals surface area contributed by atoms with Crippen LogP contribution >= 0.6 is 0 Å². The fourth-order valence-electron chi connectivity index (χ4n) is 2.82. The monoisotopic (exact) mass is 312 g/mol. The van der Waals surface area contributed by atoms with Crippen molar-refractivity contribution in [2.75, 3.05) is 6.54 Å². The number of rotatable bonds is 9. The second kappa shape index (κ2) is 9.06. The Morgan fingerprint density at radius 1 is 1.13 bits per heavy atom. The molecule has 0 fully saturated rings. The molecule has 0 saturated carbocycles. The summed E-state index contributed by atoms with van der Waals surface area (Å²) in [7, 11) is 0. The highest BCUT2D eigenvalue weighted by Crippen LogP contribution is 2.29. The zero-order valence-corrected chi connectivity index (χ0v) is 13.3. The molecule has 1 atom stereocenters. The number of aromatic nitrogens is 1. The van der Waals surface area contributed by atoms with E-state index in [1.807, 2.05) is 12.3 Å². The normalized spacial score (nSPS) is 12.0. The van der Waals surface area contributed by atoms with Gasteiger partial charge in [-0.05, 0) is 48.6 Å². The van der Waals surface area contributed by atoms with Crippen molar-refractivity contribution in [2.45, 2.75) is 38.0 Å². The third-order valence-corrected chi connectivity index (χ3v) is 4.04. The van der Waals surface area contributed by atoms with E-state index in [1.165, 1.54) is 16.7 Å². The lowest BCUT2D eigenvalue weighted by Crippen LogP contribution is -2.05. The number of unbranched alkanes of at least 4 members (excludes halogenated alkanes) is 1. The highest BCUT2D eigenvalue weighted by Gasteiger charge is 2.14. The maximum atomic E-state index is 10.7. The Kier molecular flexibility index (Phi) is 6.76. The van der Waals surface area contributed by atoms with Crippen LogP contribution < -0.4 is 5.73 Å². The maximum Gasteiger partial charge on any atom is 0.303 e. The number of carboxylic acids is 1. The van der Waals surface area contributed by atoms with Gasteiger partial charge in [-0.25, -0.2) is 0 Å². The molecule has 0 amide bonds. The van der Waals surface area contributed by atoms with Crippen LogP contribution in [0.3, 0.4) is 0 Å². The van der Waals surface area contributed by atoms with Gasteiger partial charge in [-0.2, -0.15) is 0 Å². The van der Waals surface area contributed by atoms with E-state index in [1.54, 1.807) is 6.20 Å². The van der Waals surface area contributed by atoms with Gasteiger partial charge in [0.05, 0.1) is 0 Å². The molecule has 122 valence electrons. The van der Waals surface area contributed by atoms with Gasteiger partial charge in [0, 0.05) is 24.7 Å². The summed E-state index contributed by atoms with van der Waals surface area (Å²) in [4.78, 5) is 14.9. The van der Waals surface area contributed by atoms with Gasteiger partial charge in [0.1, 0.15) is 0 Å². The van der Waals surface area contributed by atoms with Crippen molar-refractivity contribution in [1.29, 1.82) is 0 Å². The molecular weight excluding hydrogens is 288 g/mol. The van der Waals surface area contributed by atoms with E-state index < -0.39 is 5.97 Å². The van der Waals surface area contributed by atoms with E-state index in [2.05, 4.69) is 35.3 Å². The van der Waals surface area contributed by atoms with Crippen molar-refractivity contribution >= 4 is 5.97 Å². The molecule has 4 heteroatoms. The predicted octanol–water partition coefficient (Wildman–Crippen LogP) is 3.36. The average Bonchev–Trinajstić information content (AvgIpc) is 2.57. The zero-order chi connectivity index (χ0) is 16.5. The van der Waals surface area contributed by atoms with E-state index in [9.17, 15) is 4.79 Å². The summed E-state index contributed by atoms with van der Waals surface area (Å²) in [6.07, 6.45) is 7.31. The van der Waals surface area contributed by atoms with Gasteiger partial charge in [-0.1, -0.05) is 36.8 Å². The van der Waals surface area contributed by atoms with E-state index in [0.717, 1.165) is 19.3 Å². The molecule has 23 heavy (non-hydrogen) atoms. The third-order valence-electron chi connectivity index (χ3n) is 4.04. The zero-order valence-electron chi connectivity index (χ0n) is 13.3. The summed E-state index contributed by atoms with van der Waals surface area (Å²) in [6.45, 7) is 0.653. The molecular formula is C19H24N2O2. The molecule has 4 nitrogen and oxygen atoms in total.